The van der Waals surface area contributed by atoms with Crippen molar-refractivity contribution in [3.63, 3.8) is 0 Å². The molecule has 2 aromatic rings. The lowest BCUT2D eigenvalue weighted by Gasteiger charge is -2.36. The van der Waals surface area contributed by atoms with Crippen molar-refractivity contribution in [2.75, 3.05) is 42.9 Å². The fourth-order valence-electron chi connectivity index (χ4n) is 3.47. The molecule has 0 atom stereocenters. The van der Waals surface area contributed by atoms with Crippen molar-refractivity contribution >= 4 is 23.3 Å². The number of carbonyl (C=O) groups is 2. The van der Waals surface area contributed by atoms with E-state index in [1.54, 1.807) is 24.3 Å². The van der Waals surface area contributed by atoms with Gasteiger partial charge in [-0.3, -0.25) is 9.69 Å². The Balaban J connectivity index is 1.74. The zero-order valence-electron chi connectivity index (χ0n) is 16.4. The molecule has 1 heterocycles. The lowest BCUT2D eigenvalue weighted by atomic mass is 10.1. The van der Waals surface area contributed by atoms with E-state index in [1.165, 1.54) is 0 Å². The van der Waals surface area contributed by atoms with Gasteiger partial charge in [0.2, 0.25) is 0 Å². The van der Waals surface area contributed by atoms with Gasteiger partial charge < -0.3 is 15.3 Å². The third-order valence-corrected chi connectivity index (χ3v) is 5.15. The predicted molar refractivity (Wildman–Crippen MR) is 111 cm³/mol. The van der Waals surface area contributed by atoms with Crippen LogP contribution in [0.2, 0.25) is 0 Å². The maximum absolute atomic E-state index is 12.6. The molecule has 0 saturated carbocycles. The molecular weight excluding hydrogens is 368 g/mol. The summed E-state index contributed by atoms with van der Waals surface area (Å²) in [5.74, 6) is -1.41. The molecule has 0 aromatic heterocycles. The minimum Gasteiger partial charge on any atom is -0.478 e. The second kappa shape index (κ2) is 9.22. The highest BCUT2D eigenvalue weighted by Crippen LogP contribution is 2.25. The number of nitrogens with one attached hydrogen (secondary N) is 1. The summed E-state index contributed by atoms with van der Waals surface area (Å²) in [6.07, 6.45) is 0.512. The first kappa shape index (κ1) is 20.4. The van der Waals surface area contributed by atoms with Crippen molar-refractivity contribution in [1.82, 2.24) is 4.90 Å². The van der Waals surface area contributed by atoms with Crippen molar-refractivity contribution in [1.29, 1.82) is 5.26 Å². The smallest absolute Gasteiger partial charge is 0.337 e. The number of amides is 1. The molecule has 0 unspecified atom stereocenters. The highest BCUT2D eigenvalue weighted by atomic mass is 16.4. The quantitative estimate of drug-likeness (QED) is 0.785. The number of carboxylic acid groups (broad SMARTS) is 1. The zero-order chi connectivity index (χ0) is 20.8. The topological polar surface area (TPSA) is 96.7 Å². The predicted octanol–water partition coefficient (Wildman–Crippen LogP) is 2.98. The number of carboxylic acids is 1. The van der Waals surface area contributed by atoms with Crippen molar-refractivity contribution < 1.29 is 14.7 Å². The van der Waals surface area contributed by atoms with Crippen LogP contribution in [0.3, 0.4) is 0 Å². The van der Waals surface area contributed by atoms with Gasteiger partial charge in [0.15, 0.2) is 0 Å². The Morgan fingerprint density at radius 2 is 1.83 bits per heavy atom. The zero-order valence-corrected chi connectivity index (χ0v) is 16.4. The number of aromatic carboxylic acids is 1. The van der Waals surface area contributed by atoms with E-state index in [2.05, 4.69) is 21.2 Å². The number of nitrogens with zero attached hydrogens (tertiary/aromatic N) is 3. The maximum Gasteiger partial charge on any atom is 0.337 e. The number of hydrogen-bond acceptors (Lipinski definition) is 5. The molecule has 1 fully saturated rings. The number of anilines is 2. The number of hydrogen-bond donors (Lipinski definition) is 2. The summed E-state index contributed by atoms with van der Waals surface area (Å²) in [4.78, 5) is 28.7. The molecule has 0 aliphatic carbocycles. The highest BCUT2D eigenvalue weighted by molar-refractivity contribution is 6.08. The van der Waals surface area contributed by atoms with Crippen molar-refractivity contribution in [2.45, 2.75) is 13.3 Å². The van der Waals surface area contributed by atoms with Crippen LogP contribution in [0, 0.1) is 18.3 Å². The van der Waals surface area contributed by atoms with Crippen LogP contribution in [0.4, 0.5) is 11.4 Å². The van der Waals surface area contributed by atoms with Gasteiger partial charge in [-0.15, -0.1) is 0 Å². The van der Waals surface area contributed by atoms with E-state index in [4.69, 9.17) is 5.26 Å². The van der Waals surface area contributed by atoms with Gasteiger partial charge in [-0.2, -0.15) is 5.26 Å². The van der Waals surface area contributed by atoms with Crippen LogP contribution in [0.1, 0.15) is 32.7 Å². The third kappa shape index (κ3) is 4.92. The Morgan fingerprint density at radius 1 is 1.10 bits per heavy atom. The van der Waals surface area contributed by atoms with Crippen LogP contribution in [0.5, 0.6) is 0 Å². The summed E-state index contributed by atoms with van der Waals surface area (Å²) in [7, 11) is 0. The molecule has 2 aromatic carbocycles. The maximum atomic E-state index is 12.6. The van der Waals surface area contributed by atoms with Crippen LogP contribution in [-0.4, -0.2) is 54.6 Å². The van der Waals surface area contributed by atoms with E-state index in [0.29, 0.717) is 12.0 Å². The van der Waals surface area contributed by atoms with Gasteiger partial charge in [0.1, 0.15) is 0 Å². The molecule has 7 nitrogen and oxygen atoms in total. The molecule has 7 heteroatoms. The minimum atomic E-state index is -1.08. The Labute approximate surface area is 170 Å². The second-order valence-corrected chi connectivity index (χ2v) is 7.04. The number of benzene rings is 2. The highest BCUT2D eigenvalue weighted by Gasteiger charge is 2.20. The van der Waals surface area contributed by atoms with E-state index in [9.17, 15) is 14.7 Å². The van der Waals surface area contributed by atoms with Crippen LogP contribution >= 0.6 is 0 Å². The van der Waals surface area contributed by atoms with Gasteiger partial charge in [-0.1, -0.05) is 18.2 Å². The molecule has 0 radical (unpaired) electrons. The van der Waals surface area contributed by atoms with Crippen LogP contribution in [-0.2, 0) is 0 Å². The largest absolute Gasteiger partial charge is 0.478 e. The second-order valence-electron chi connectivity index (χ2n) is 7.04. The van der Waals surface area contributed by atoms with Gasteiger partial charge in [0.05, 0.1) is 17.3 Å². The van der Waals surface area contributed by atoms with Crippen LogP contribution in [0.25, 0.3) is 0 Å². The molecule has 2 N–H and O–H groups in total. The third-order valence-electron chi connectivity index (χ3n) is 5.15. The monoisotopic (exact) mass is 392 g/mol. The summed E-state index contributed by atoms with van der Waals surface area (Å²) >= 11 is 0. The fraction of sp³-hybridized carbons (Fsp3) is 0.318. The summed E-state index contributed by atoms with van der Waals surface area (Å²) in [5.41, 5.74) is 2.50. The average molecular weight is 392 g/mol. The van der Waals surface area contributed by atoms with Crippen LogP contribution in [0.15, 0.2) is 42.5 Å². The molecule has 150 valence electrons. The van der Waals surface area contributed by atoms with Gasteiger partial charge in [-0.05, 0) is 36.8 Å². The molecule has 1 aliphatic rings. The average Bonchev–Trinajstić information content (AvgIpc) is 2.73. The summed E-state index contributed by atoms with van der Waals surface area (Å²) in [6.45, 7) is 5.78. The normalized spacial score (nSPS) is 14.3. The Morgan fingerprint density at radius 3 is 2.48 bits per heavy atom. The number of aryl methyl sites for hydroxylation is 1. The van der Waals surface area contributed by atoms with Crippen molar-refractivity contribution in [2.24, 2.45) is 0 Å². The lowest BCUT2D eigenvalue weighted by Crippen LogP contribution is -2.46. The molecule has 1 amide bonds. The molecule has 29 heavy (non-hydrogen) atoms. The van der Waals surface area contributed by atoms with Crippen molar-refractivity contribution in [3.8, 4) is 6.07 Å². The Bertz CT molecular complexity index is 943. The summed E-state index contributed by atoms with van der Waals surface area (Å²) in [6, 6.07) is 14.4. The standard InChI is InChI=1S/C22H24N4O3/c1-16-5-2-3-6-18(16)21(27)24-20-8-7-17(15-19(20)22(28)29)26-13-11-25(12-14-26)10-4-9-23/h2-3,5-8,15H,4,10-14H2,1H3,(H,24,27)(H,28,29). The lowest BCUT2D eigenvalue weighted by molar-refractivity contribution is 0.0698. The summed E-state index contributed by atoms with van der Waals surface area (Å²) < 4.78 is 0. The Hall–Kier alpha value is -3.37. The van der Waals surface area contributed by atoms with Gasteiger partial charge in [0, 0.05) is 50.4 Å². The molecule has 3 rings (SSSR count). The first-order valence-corrected chi connectivity index (χ1v) is 9.58. The van der Waals surface area contributed by atoms with E-state index in [1.807, 2.05) is 25.1 Å². The van der Waals surface area contributed by atoms with Crippen LogP contribution < -0.4 is 10.2 Å². The fourth-order valence-corrected chi connectivity index (χ4v) is 3.47. The van der Waals surface area contributed by atoms with E-state index in [-0.39, 0.29) is 17.2 Å². The van der Waals surface area contributed by atoms with E-state index >= 15 is 0 Å². The molecule has 0 spiro atoms. The van der Waals surface area contributed by atoms with Crippen molar-refractivity contribution in [3.05, 3.63) is 59.2 Å². The Kier molecular flexibility index (Phi) is 6.47. The van der Waals surface area contributed by atoms with E-state index in [0.717, 1.165) is 44.0 Å². The first-order chi connectivity index (χ1) is 14.0. The first-order valence-electron chi connectivity index (χ1n) is 9.58. The molecule has 1 aliphatic heterocycles. The van der Waals surface area contributed by atoms with Gasteiger partial charge in [-0.25, -0.2) is 4.79 Å². The van der Waals surface area contributed by atoms with Gasteiger partial charge in [0.25, 0.3) is 5.91 Å². The number of rotatable bonds is 6. The minimum absolute atomic E-state index is 0.0661. The SMILES string of the molecule is Cc1ccccc1C(=O)Nc1ccc(N2CCN(CCC#N)CC2)cc1C(=O)O. The number of nitriles is 1. The molecular formula is C22H24N4O3. The van der Waals surface area contributed by atoms with E-state index < -0.39 is 5.97 Å². The number of piperazine rings is 1. The number of carbonyl (C=O) groups excluding carboxylic acids is 1. The molecule has 0 bridgehead atoms. The van der Waals surface area contributed by atoms with Gasteiger partial charge >= 0.3 is 5.97 Å². The molecule has 1 saturated heterocycles. The summed E-state index contributed by atoms with van der Waals surface area (Å²) in [5, 5.41) is 21.1.